The Morgan fingerprint density at radius 2 is 0.542 bits per heavy atom. The monoisotopic (exact) mass is 656 g/mol. The van der Waals surface area contributed by atoms with Gasteiger partial charge in [0.25, 0.3) is 0 Å². The molecule has 4 aromatic carbocycles. The molecule has 0 saturated carbocycles. The van der Waals surface area contributed by atoms with Gasteiger partial charge >= 0.3 is 0 Å². The Morgan fingerprint density at radius 3 is 0.688 bits per heavy atom. The Morgan fingerprint density at radius 1 is 0.354 bits per heavy atom. The van der Waals surface area contributed by atoms with Gasteiger partial charge in [0.1, 0.15) is 46.0 Å². The molecular formula is C40H48O8. The molecule has 0 amide bonds. The molecule has 0 heterocycles. The zero-order chi connectivity index (χ0) is 34.9. The second-order valence-corrected chi connectivity index (χ2v) is 12.5. The fourth-order valence-corrected chi connectivity index (χ4v) is 7.76. The molecule has 8 heteroatoms. The van der Waals surface area contributed by atoms with Gasteiger partial charge in [0, 0.05) is 92.4 Å². The van der Waals surface area contributed by atoms with Crippen molar-refractivity contribution >= 4 is 0 Å². The van der Waals surface area contributed by atoms with Crippen molar-refractivity contribution in [3.05, 3.63) is 93.0 Å². The van der Waals surface area contributed by atoms with Crippen LogP contribution in [-0.2, 0) is 0 Å². The smallest absolute Gasteiger partial charge is 0.126 e. The molecule has 0 aliphatic heterocycles. The molecule has 5 rings (SSSR count). The summed E-state index contributed by atoms with van der Waals surface area (Å²) >= 11 is 0. The van der Waals surface area contributed by atoms with Crippen LogP contribution in [0.3, 0.4) is 0 Å². The topological polar surface area (TPSA) is 118 Å². The molecular weight excluding hydrogens is 608 g/mol. The maximum absolute atomic E-state index is 11.5. The van der Waals surface area contributed by atoms with Gasteiger partial charge in [-0.05, 0) is 49.9 Å². The number of phenols is 4. The van der Waals surface area contributed by atoms with E-state index in [2.05, 4.69) is 27.7 Å². The third kappa shape index (κ3) is 5.82. The van der Waals surface area contributed by atoms with E-state index in [1.807, 2.05) is 24.3 Å². The van der Waals surface area contributed by atoms with Crippen LogP contribution in [0.25, 0.3) is 0 Å². The number of hydrogen-bond donors (Lipinski definition) is 4. The van der Waals surface area contributed by atoms with E-state index in [0.717, 1.165) is 22.3 Å². The van der Waals surface area contributed by atoms with Gasteiger partial charge in [-0.2, -0.15) is 0 Å². The SMILES string of the molecule is CC[C@H]1c2cc(c(OC)cc2O)[C@@H](CC)c2cc(c(OC)cc2O)[C@@H](CC)c2cc(c(OC)cc2O)[C@@H](CC)c2cc1c(OC)cc2O. The third-order valence-corrected chi connectivity index (χ3v) is 10.2. The summed E-state index contributed by atoms with van der Waals surface area (Å²) in [4.78, 5) is 0. The lowest BCUT2D eigenvalue weighted by Crippen LogP contribution is -2.12. The number of phenolic OH excluding ortho intramolecular Hbond substituents is 4. The number of aromatic hydroxyl groups is 4. The molecule has 1 aliphatic rings. The molecule has 0 aromatic heterocycles. The summed E-state index contributed by atoms with van der Waals surface area (Å²) in [6.45, 7) is 8.20. The van der Waals surface area contributed by atoms with Crippen molar-refractivity contribution in [3.8, 4) is 46.0 Å². The molecule has 256 valence electrons. The maximum Gasteiger partial charge on any atom is 0.126 e. The summed E-state index contributed by atoms with van der Waals surface area (Å²) in [5, 5.41) is 46.1. The number of rotatable bonds is 8. The number of benzene rings is 4. The fraction of sp³-hybridized carbons (Fsp3) is 0.400. The average Bonchev–Trinajstić information content (AvgIpc) is 3.09. The van der Waals surface area contributed by atoms with Crippen molar-refractivity contribution in [2.45, 2.75) is 77.0 Å². The molecule has 1 aliphatic carbocycles. The number of hydrogen-bond acceptors (Lipinski definition) is 8. The predicted molar refractivity (Wildman–Crippen MR) is 187 cm³/mol. The summed E-state index contributed by atoms with van der Waals surface area (Å²) in [5.41, 5.74) is 6.01. The van der Waals surface area contributed by atoms with E-state index in [0.29, 0.717) is 70.9 Å². The Balaban J connectivity index is 1.98. The zero-order valence-corrected chi connectivity index (χ0v) is 29.2. The Bertz CT molecular complexity index is 1530. The van der Waals surface area contributed by atoms with Crippen LogP contribution in [0, 0.1) is 0 Å². The van der Waals surface area contributed by atoms with E-state index in [1.54, 1.807) is 52.7 Å². The molecule has 0 spiro atoms. The van der Waals surface area contributed by atoms with Crippen LogP contribution in [0.15, 0.2) is 48.5 Å². The van der Waals surface area contributed by atoms with E-state index in [4.69, 9.17) is 18.9 Å². The maximum atomic E-state index is 11.5. The second kappa shape index (κ2) is 14.2. The minimum atomic E-state index is -0.311. The van der Waals surface area contributed by atoms with Crippen molar-refractivity contribution in [3.63, 3.8) is 0 Å². The molecule has 0 radical (unpaired) electrons. The number of fused-ring (bicyclic) bond motifs is 8. The van der Waals surface area contributed by atoms with Gasteiger partial charge in [-0.3, -0.25) is 0 Å². The molecule has 0 unspecified atom stereocenters. The fourth-order valence-electron chi connectivity index (χ4n) is 7.76. The van der Waals surface area contributed by atoms with Crippen LogP contribution in [0.4, 0.5) is 0 Å². The Labute approximate surface area is 283 Å². The van der Waals surface area contributed by atoms with Crippen LogP contribution in [0.5, 0.6) is 46.0 Å². The lowest BCUT2D eigenvalue weighted by Gasteiger charge is -2.29. The van der Waals surface area contributed by atoms with Gasteiger partial charge in [-0.15, -0.1) is 0 Å². The lowest BCUT2D eigenvalue weighted by atomic mass is 9.77. The van der Waals surface area contributed by atoms with E-state index >= 15 is 0 Å². The summed E-state index contributed by atoms with van der Waals surface area (Å²) in [6.07, 6.45) is 2.49. The largest absolute Gasteiger partial charge is 0.508 e. The summed E-state index contributed by atoms with van der Waals surface area (Å²) in [6, 6.07) is 14.5. The van der Waals surface area contributed by atoms with Crippen molar-refractivity contribution in [2.24, 2.45) is 0 Å². The van der Waals surface area contributed by atoms with Crippen LogP contribution in [0.2, 0.25) is 0 Å². The van der Waals surface area contributed by atoms with E-state index in [1.165, 1.54) is 0 Å². The van der Waals surface area contributed by atoms with Crippen molar-refractivity contribution in [2.75, 3.05) is 28.4 Å². The first-order valence-corrected chi connectivity index (χ1v) is 16.7. The molecule has 0 fully saturated rings. The quantitative estimate of drug-likeness (QED) is 0.148. The van der Waals surface area contributed by atoms with Gasteiger partial charge in [0.2, 0.25) is 0 Å². The molecule has 8 bridgehead atoms. The van der Waals surface area contributed by atoms with Crippen LogP contribution < -0.4 is 18.9 Å². The summed E-state index contributed by atoms with van der Waals surface area (Å²) in [7, 11) is 6.30. The standard InChI is InChI=1S/C40H48O8/c1-9-21-25-13-30(38(46-6)17-33(25)41)23(11-3)27-15-32(40(48-8)19-35(27)43)24(12-4)28-16-31(39(47-7)20-36(28)44)22(10-2)26-14-29(21)37(45-5)18-34(26)42/h13-24,41-44H,9-12H2,1-8H3/t21-,22-,23-,24-/m0/s1. The van der Waals surface area contributed by atoms with Gasteiger partial charge in [-0.1, -0.05) is 27.7 Å². The van der Waals surface area contributed by atoms with Gasteiger partial charge in [0.15, 0.2) is 0 Å². The Kier molecular flexibility index (Phi) is 10.2. The molecule has 48 heavy (non-hydrogen) atoms. The van der Waals surface area contributed by atoms with Crippen molar-refractivity contribution < 1.29 is 39.4 Å². The highest BCUT2D eigenvalue weighted by Gasteiger charge is 2.32. The average molecular weight is 657 g/mol. The van der Waals surface area contributed by atoms with E-state index in [9.17, 15) is 20.4 Å². The Hall–Kier alpha value is -4.72. The predicted octanol–water partition coefficient (Wildman–Crippen LogP) is 9.02. The van der Waals surface area contributed by atoms with Crippen LogP contribution >= 0.6 is 0 Å². The first-order chi connectivity index (χ1) is 23.1. The van der Waals surface area contributed by atoms with E-state index in [-0.39, 0.29) is 46.7 Å². The highest BCUT2D eigenvalue weighted by Crippen LogP contribution is 2.51. The molecule has 4 N–H and O–H groups in total. The summed E-state index contributed by atoms with van der Waals surface area (Å²) in [5.74, 6) is 1.10. The lowest BCUT2D eigenvalue weighted by molar-refractivity contribution is 0.389. The van der Waals surface area contributed by atoms with Gasteiger partial charge in [-0.25, -0.2) is 0 Å². The molecule has 4 aromatic rings. The normalized spacial score (nSPS) is 18.7. The number of methoxy groups -OCH3 is 4. The van der Waals surface area contributed by atoms with Crippen LogP contribution in [-0.4, -0.2) is 48.9 Å². The van der Waals surface area contributed by atoms with Crippen LogP contribution in [0.1, 0.15) is 122 Å². The van der Waals surface area contributed by atoms with E-state index < -0.39 is 0 Å². The minimum absolute atomic E-state index is 0.0812. The zero-order valence-electron chi connectivity index (χ0n) is 29.2. The second-order valence-electron chi connectivity index (χ2n) is 12.5. The highest BCUT2D eigenvalue weighted by molar-refractivity contribution is 5.62. The third-order valence-electron chi connectivity index (χ3n) is 10.2. The molecule has 0 saturated heterocycles. The van der Waals surface area contributed by atoms with Crippen molar-refractivity contribution in [1.29, 1.82) is 0 Å². The summed E-state index contributed by atoms with van der Waals surface area (Å²) < 4.78 is 23.4. The van der Waals surface area contributed by atoms with Crippen molar-refractivity contribution in [1.82, 2.24) is 0 Å². The number of ether oxygens (including phenoxy) is 4. The molecule has 4 atom stereocenters. The molecule has 8 nitrogen and oxygen atoms in total. The van der Waals surface area contributed by atoms with Gasteiger partial charge < -0.3 is 39.4 Å². The first-order valence-electron chi connectivity index (χ1n) is 16.7. The first kappa shape index (κ1) is 34.6. The van der Waals surface area contributed by atoms with Gasteiger partial charge in [0.05, 0.1) is 28.4 Å². The highest BCUT2D eigenvalue weighted by atomic mass is 16.5. The minimum Gasteiger partial charge on any atom is -0.508 e.